The molecule has 0 heterocycles. The summed E-state index contributed by atoms with van der Waals surface area (Å²) in [5.74, 6) is -0.363. The fourth-order valence-corrected chi connectivity index (χ4v) is 2.01. The van der Waals surface area contributed by atoms with Crippen LogP contribution in [0.2, 0.25) is 0 Å². The van der Waals surface area contributed by atoms with Gasteiger partial charge in [-0.05, 0) is 50.3 Å². The van der Waals surface area contributed by atoms with E-state index in [1.165, 1.54) is 12.1 Å². The van der Waals surface area contributed by atoms with Crippen molar-refractivity contribution in [2.45, 2.75) is 52.6 Å². The number of nitrogens with one attached hydrogen (secondary N) is 1. The number of hydrogen-bond acceptors (Lipinski definition) is 1. The lowest BCUT2D eigenvalue weighted by Crippen LogP contribution is -2.29. The monoisotopic (exact) mass is 255 g/mol. The minimum absolute atomic E-state index is 0.0441. The largest absolute Gasteiger partial charge is 0.308 e. The van der Waals surface area contributed by atoms with Gasteiger partial charge in [0.1, 0.15) is 11.6 Å². The molecule has 0 aliphatic rings. The van der Waals surface area contributed by atoms with Gasteiger partial charge < -0.3 is 5.32 Å². The molecule has 1 rings (SSSR count). The predicted molar refractivity (Wildman–Crippen MR) is 71.4 cm³/mol. The summed E-state index contributed by atoms with van der Waals surface area (Å²) in [4.78, 5) is 0. The Bertz CT molecular complexity index is 357. The van der Waals surface area contributed by atoms with Crippen LogP contribution < -0.4 is 5.32 Å². The maximum atomic E-state index is 13.1. The number of benzene rings is 1. The molecule has 1 N–H and O–H groups in total. The maximum Gasteiger partial charge on any atom is 0.126 e. The smallest absolute Gasteiger partial charge is 0.126 e. The third-order valence-electron chi connectivity index (χ3n) is 3.10. The van der Waals surface area contributed by atoms with Gasteiger partial charge in [-0.3, -0.25) is 0 Å². The van der Waals surface area contributed by atoms with Crippen molar-refractivity contribution in [1.29, 1.82) is 0 Å². The number of hydrogen-bond donors (Lipinski definition) is 1. The first-order chi connectivity index (χ1) is 8.38. The summed E-state index contributed by atoms with van der Waals surface area (Å²) in [6.07, 6.45) is 2.22. The van der Waals surface area contributed by atoms with Crippen molar-refractivity contribution in [3.8, 4) is 0 Å². The second-order valence-electron chi connectivity index (χ2n) is 5.46. The maximum absolute atomic E-state index is 13.1. The molecule has 2 atom stereocenters. The minimum Gasteiger partial charge on any atom is -0.308 e. The number of halogens is 2. The van der Waals surface area contributed by atoms with E-state index in [1.54, 1.807) is 0 Å². The Morgan fingerprint density at radius 2 is 1.50 bits per heavy atom. The van der Waals surface area contributed by atoms with Crippen molar-refractivity contribution >= 4 is 0 Å². The van der Waals surface area contributed by atoms with E-state index in [9.17, 15) is 8.78 Å². The third-order valence-corrected chi connectivity index (χ3v) is 3.10. The zero-order valence-corrected chi connectivity index (χ0v) is 11.6. The summed E-state index contributed by atoms with van der Waals surface area (Å²) in [6, 6.07) is 3.97. The van der Waals surface area contributed by atoms with Gasteiger partial charge >= 0.3 is 0 Å². The Kier molecular flexibility index (Phi) is 5.73. The summed E-state index contributed by atoms with van der Waals surface area (Å²) in [6.45, 7) is 8.42. The van der Waals surface area contributed by atoms with Gasteiger partial charge in [0.15, 0.2) is 0 Å². The van der Waals surface area contributed by atoms with Gasteiger partial charge in [0.25, 0.3) is 0 Å². The Hall–Kier alpha value is -0.960. The van der Waals surface area contributed by atoms with Crippen molar-refractivity contribution in [1.82, 2.24) is 5.32 Å². The molecule has 102 valence electrons. The van der Waals surface area contributed by atoms with E-state index in [0.717, 1.165) is 18.9 Å². The molecule has 2 unspecified atom stereocenters. The van der Waals surface area contributed by atoms with Gasteiger partial charge in [-0.2, -0.15) is 0 Å². The quantitative estimate of drug-likeness (QED) is 0.792. The molecule has 3 heteroatoms. The molecule has 0 amide bonds. The van der Waals surface area contributed by atoms with Crippen LogP contribution in [-0.4, -0.2) is 6.04 Å². The van der Waals surface area contributed by atoms with Crippen molar-refractivity contribution in [3.63, 3.8) is 0 Å². The third kappa shape index (κ3) is 5.13. The Balaban J connectivity index is 2.56. The summed E-state index contributed by atoms with van der Waals surface area (Å²) in [7, 11) is 0. The molecule has 0 aliphatic heterocycles. The Morgan fingerprint density at radius 1 is 0.944 bits per heavy atom. The molecule has 1 aromatic carbocycles. The Morgan fingerprint density at radius 3 is 2.00 bits per heavy atom. The topological polar surface area (TPSA) is 12.0 Å². The first kappa shape index (κ1) is 15.1. The SMILES string of the molecule is CC(C)CCC(C)NC(C)c1cc(F)cc(F)c1. The summed E-state index contributed by atoms with van der Waals surface area (Å²) in [5, 5.41) is 3.37. The van der Waals surface area contributed by atoms with Gasteiger partial charge in [-0.1, -0.05) is 13.8 Å². The molecule has 0 saturated heterocycles. The van der Waals surface area contributed by atoms with Gasteiger partial charge in [0, 0.05) is 18.2 Å². The second-order valence-corrected chi connectivity index (χ2v) is 5.46. The normalized spacial score (nSPS) is 14.8. The van der Waals surface area contributed by atoms with Gasteiger partial charge in [0.05, 0.1) is 0 Å². The Labute approximate surface area is 109 Å². The highest BCUT2D eigenvalue weighted by Gasteiger charge is 2.12. The molecule has 0 fully saturated rings. The van der Waals surface area contributed by atoms with Crippen LogP contribution in [0, 0.1) is 17.6 Å². The molecule has 0 spiro atoms. The van der Waals surface area contributed by atoms with Crippen molar-refractivity contribution in [3.05, 3.63) is 35.4 Å². The highest BCUT2D eigenvalue weighted by molar-refractivity contribution is 5.20. The second kappa shape index (κ2) is 6.83. The van der Waals surface area contributed by atoms with E-state index in [2.05, 4.69) is 26.1 Å². The fourth-order valence-electron chi connectivity index (χ4n) is 2.01. The number of rotatable bonds is 6. The van der Waals surface area contributed by atoms with Crippen LogP contribution in [0.15, 0.2) is 18.2 Å². The lowest BCUT2D eigenvalue weighted by atomic mass is 10.0. The van der Waals surface area contributed by atoms with Crippen molar-refractivity contribution < 1.29 is 8.78 Å². The average molecular weight is 255 g/mol. The highest BCUT2D eigenvalue weighted by atomic mass is 19.1. The van der Waals surface area contributed by atoms with E-state index < -0.39 is 11.6 Å². The van der Waals surface area contributed by atoms with Crippen LogP contribution in [0.25, 0.3) is 0 Å². The highest BCUT2D eigenvalue weighted by Crippen LogP contribution is 2.17. The molecule has 18 heavy (non-hydrogen) atoms. The average Bonchev–Trinajstić information content (AvgIpc) is 2.25. The standard InChI is InChI=1S/C15H23F2N/c1-10(2)5-6-11(3)18-12(4)13-7-14(16)9-15(17)8-13/h7-12,18H,5-6H2,1-4H3. The molecule has 1 aromatic rings. The van der Waals surface area contributed by atoms with Crippen LogP contribution in [0.4, 0.5) is 8.78 Å². The van der Waals surface area contributed by atoms with Crippen molar-refractivity contribution in [2.24, 2.45) is 5.92 Å². The van der Waals surface area contributed by atoms with Gasteiger partial charge in [-0.15, -0.1) is 0 Å². The zero-order chi connectivity index (χ0) is 13.7. The molecule has 0 radical (unpaired) electrons. The molecule has 1 nitrogen and oxygen atoms in total. The predicted octanol–water partition coefficient (Wildman–Crippen LogP) is 4.44. The lowest BCUT2D eigenvalue weighted by Gasteiger charge is -2.21. The zero-order valence-electron chi connectivity index (χ0n) is 11.6. The summed E-state index contributed by atoms with van der Waals surface area (Å²) < 4.78 is 26.2. The molecule has 0 aromatic heterocycles. The van der Waals surface area contributed by atoms with Gasteiger partial charge in [-0.25, -0.2) is 8.78 Å². The van der Waals surface area contributed by atoms with Gasteiger partial charge in [0.2, 0.25) is 0 Å². The van der Waals surface area contributed by atoms with E-state index in [-0.39, 0.29) is 6.04 Å². The van der Waals surface area contributed by atoms with Crippen LogP contribution in [0.3, 0.4) is 0 Å². The van der Waals surface area contributed by atoms with Crippen LogP contribution in [0.1, 0.15) is 52.1 Å². The minimum atomic E-state index is -0.520. The van der Waals surface area contributed by atoms with Crippen molar-refractivity contribution in [2.75, 3.05) is 0 Å². The van der Waals surface area contributed by atoms with E-state index >= 15 is 0 Å². The lowest BCUT2D eigenvalue weighted by molar-refractivity contribution is 0.415. The van der Waals surface area contributed by atoms with E-state index in [0.29, 0.717) is 17.5 Å². The molecular formula is C15H23F2N. The first-order valence-corrected chi connectivity index (χ1v) is 6.60. The van der Waals surface area contributed by atoms with E-state index in [4.69, 9.17) is 0 Å². The molecule has 0 bridgehead atoms. The fraction of sp³-hybridized carbons (Fsp3) is 0.600. The molecule has 0 aliphatic carbocycles. The van der Waals surface area contributed by atoms with E-state index in [1.807, 2.05) is 6.92 Å². The first-order valence-electron chi connectivity index (χ1n) is 6.60. The van der Waals surface area contributed by atoms with Crippen LogP contribution >= 0.6 is 0 Å². The van der Waals surface area contributed by atoms with Crippen LogP contribution in [0.5, 0.6) is 0 Å². The molecular weight excluding hydrogens is 232 g/mol. The molecule has 0 saturated carbocycles. The summed E-state index contributed by atoms with van der Waals surface area (Å²) >= 11 is 0. The van der Waals surface area contributed by atoms with Crippen LogP contribution in [-0.2, 0) is 0 Å². The summed E-state index contributed by atoms with van der Waals surface area (Å²) in [5.41, 5.74) is 0.656.